The topological polar surface area (TPSA) is 42.0 Å². The minimum atomic E-state index is -0.461. The highest BCUT2D eigenvalue weighted by molar-refractivity contribution is 8.00. The second-order valence-corrected chi connectivity index (χ2v) is 9.14. The number of thiazole rings is 1. The van der Waals surface area contributed by atoms with E-state index in [0.29, 0.717) is 5.02 Å². The molecule has 1 saturated carbocycles. The van der Waals surface area contributed by atoms with Gasteiger partial charge in [-0.25, -0.2) is 4.98 Å². The molecule has 0 bridgehead atoms. The highest BCUT2D eigenvalue weighted by Crippen LogP contribution is 2.42. The molecule has 0 atom stereocenters. The lowest BCUT2D eigenvalue weighted by atomic mass is 9.78. The van der Waals surface area contributed by atoms with E-state index in [4.69, 9.17) is 11.6 Å². The van der Waals surface area contributed by atoms with Crippen LogP contribution in [-0.2, 0) is 10.2 Å². The zero-order valence-corrected chi connectivity index (χ0v) is 16.8. The number of anilines is 1. The monoisotopic (exact) mass is 402 g/mol. The van der Waals surface area contributed by atoms with E-state index in [9.17, 15) is 4.79 Å². The number of amides is 1. The summed E-state index contributed by atoms with van der Waals surface area (Å²) in [5.74, 6) is 0.0753. The molecular weight excluding hydrogens is 384 g/mol. The van der Waals surface area contributed by atoms with Crippen molar-refractivity contribution in [1.29, 1.82) is 0 Å². The van der Waals surface area contributed by atoms with E-state index in [-0.39, 0.29) is 5.91 Å². The maximum atomic E-state index is 13.3. The van der Waals surface area contributed by atoms with Crippen LogP contribution in [0.2, 0.25) is 5.02 Å². The first-order chi connectivity index (χ1) is 12.6. The summed E-state index contributed by atoms with van der Waals surface area (Å²) in [5.41, 5.74) is 2.41. The number of aromatic nitrogens is 1. The van der Waals surface area contributed by atoms with E-state index in [2.05, 4.69) is 10.3 Å². The Bertz CT molecular complexity index is 946. The Hall–Kier alpha value is -1.56. The third-order valence-electron chi connectivity index (χ3n) is 5.09. The molecule has 1 amide bonds. The maximum Gasteiger partial charge on any atom is 0.235 e. The fraction of sp³-hybridized carbons (Fsp3) is 0.300. The van der Waals surface area contributed by atoms with Crippen LogP contribution < -0.4 is 5.32 Å². The zero-order chi connectivity index (χ0) is 18.1. The van der Waals surface area contributed by atoms with Gasteiger partial charge in [0.05, 0.1) is 15.6 Å². The van der Waals surface area contributed by atoms with Crippen molar-refractivity contribution in [3.63, 3.8) is 0 Å². The van der Waals surface area contributed by atoms with E-state index in [1.807, 2.05) is 48.7 Å². The largest absolute Gasteiger partial charge is 0.325 e. The van der Waals surface area contributed by atoms with Crippen LogP contribution >= 0.6 is 34.7 Å². The molecule has 0 saturated heterocycles. The molecule has 0 radical (unpaired) electrons. The summed E-state index contributed by atoms with van der Waals surface area (Å²) in [6, 6.07) is 13.7. The number of thioether (sulfide) groups is 1. The molecule has 1 N–H and O–H groups in total. The number of nitrogens with one attached hydrogen (secondary N) is 1. The smallest absolute Gasteiger partial charge is 0.235 e. The molecule has 0 unspecified atom stereocenters. The zero-order valence-electron chi connectivity index (χ0n) is 14.4. The van der Waals surface area contributed by atoms with Gasteiger partial charge in [0.1, 0.15) is 0 Å². The highest BCUT2D eigenvalue weighted by Gasteiger charge is 2.42. The SMILES string of the molecule is CSc1nc2ccc(NC(=O)C3(c4ccc(Cl)cc4)CCCC3)cc2s1. The van der Waals surface area contributed by atoms with E-state index < -0.39 is 5.41 Å². The normalized spacial score (nSPS) is 16.1. The van der Waals surface area contributed by atoms with Crippen molar-refractivity contribution >= 4 is 56.5 Å². The molecular formula is C20H19ClN2OS2. The summed E-state index contributed by atoms with van der Waals surface area (Å²) in [7, 11) is 0. The summed E-state index contributed by atoms with van der Waals surface area (Å²) in [5, 5.41) is 3.85. The lowest BCUT2D eigenvalue weighted by Gasteiger charge is -2.28. The molecule has 1 aromatic heterocycles. The van der Waals surface area contributed by atoms with Gasteiger partial charge in [0.25, 0.3) is 0 Å². The first-order valence-corrected chi connectivity index (χ1v) is 11.0. The van der Waals surface area contributed by atoms with Crippen molar-refractivity contribution in [2.75, 3.05) is 11.6 Å². The molecule has 4 rings (SSSR count). The standard InChI is InChI=1S/C20H19ClN2OS2/c1-25-19-23-16-9-8-15(12-17(16)26-19)22-18(24)20(10-2-3-11-20)13-4-6-14(21)7-5-13/h4-9,12H,2-3,10-11H2,1H3,(H,22,24). The van der Waals surface area contributed by atoms with E-state index in [0.717, 1.165) is 51.5 Å². The lowest BCUT2D eigenvalue weighted by molar-refractivity contribution is -0.121. The Morgan fingerprint density at radius 2 is 1.92 bits per heavy atom. The molecule has 6 heteroatoms. The second-order valence-electron chi connectivity index (χ2n) is 6.62. The Labute approximate surface area is 166 Å². The van der Waals surface area contributed by atoms with E-state index in [1.54, 1.807) is 23.1 Å². The van der Waals surface area contributed by atoms with Crippen molar-refractivity contribution in [1.82, 2.24) is 4.98 Å². The van der Waals surface area contributed by atoms with Crippen LogP contribution in [0.1, 0.15) is 31.2 Å². The molecule has 1 fully saturated rings. The Balaban J connectivity index is 1.63. The average Bonchev–Trinajstić information content (AvgIpc) is 3.29. The average molecular weight is 403 g/mol. The van der Waals surface area contributed by atoms with Gasteiger partial charge in [0, 0.05) is 10.7 Å². The minimum Gasteiger partial charge on any atom is -0.325 e. The minimum absolute atomic E-state index is 0.0753. The van der Waals surface area contributed by atoms with Crippen molar-refractivity contribution in [2.45, 2.75) is 35.4 Å². The van der Waals surface area contributed by atoms with Crippen molar-refractivity contribution in [2.24, 2.45) is 0 Å². The van der Waals surface area contributed by atoms with E-state index in [1.165, 1.54) is 0 Å². The predicted octanol–water partition coefficient (Wildman–Crippen LogP) is 6.12. The summed E-state index contributed by atoms with van der Waals surface area (Å²) in [6.45, 7) is 0. The van der Waals surface area contributed by atoms with Crippen LogP contribution in [0.3, 0.4) is 0 Å². The van der Waals surface area contributed by atoms with Gasteiger partial charge in [-0.2, -0.15) is 0 Å². The number of hydrogen-bond acceptors (Lipinski definition) is 4. The van der Waals surface area contributed by atoms with Gasteiger partial charge in [-0.1, -0.05) is 48.3 Å². The molecule has 134 valence electrons. The second kappa shape index (κ2) is 7.22. The van der Waals surface area contributed by atoms with Gasteiger partial charge < -0.3 is 5.32 Å². The maximum absolute atomic E-state index is 13.3. The molecule has 26 heavy (non-hydrogen) atoms. The van der Waals surface area contributed by atoms with Crippen molar-refractivity contribution in [3.8, 4) is 0 Å². The van der Waals surface area contributed by atoms with Crippen LogP contribution in [0.5, 0.6) is 0 Å². The third-order valence-corrected chi connectivity index (χ3v) is 7.35. The number of hydrogen-bond donors (Lipinski definition) is 1. The predicted molar refractivity (Wildman–Crippen MR) is 112 cm³/mol. The molecule has 2 aromatic carbocycles. The summed E-state index contributed by atoms with van der Waals surface area (Å²) >= 11 is 9.33. The first-order valence-electron chi connectivity index (χ1n) is 8.63. The molecule has 0 aliphatic heterocycles. The fourth-order valence-electron chi connectivity index (χ4n) is 3.71. The first kappa shape index (κ1) is 17.8. The van der Waals surface area contributed by atoms with Crippen molar-refractivity contribution in [3.05, 3.63) is 53.1 Å². The fourth-order valence-corrected chi connectivity index (χ4v) is 5.37. The molecule has 1 aliphatic rings. The molecule has 3 aromatic rings. The summed E-state index contributed by atoms with van der Waals surface area (Å²) in [4.78, 5) is 17.8. The van der Waals surface area contributed by atoms with Crippen LogP contribution in [0, 0.1) is 0 Å². The van der Waals surface area contributed by atoms with E-state index >= 15 is 0 Å². The van der Waals surface area contributed by atoms with Crippen LogP contribution in [-0.4, -0.2) is 17.1 Å². The molecule has 1 aliphatic carbocycles. The van der Waals surface area contributed by atoms with Gasteiger partial charge in [0.2, 0.25) is 5.91 Å². The van der Waals surface area contributed by atoms with Crippen LogP contribution in [0.15, 0.2) is 46.8 Å². The lowest BCUT2D eigenvalue weighted by Crippen LogP contribution is -2.37. The quantitative estimate of drug-likeness (QED) is 0.534. The van der Waals surface area contributed by atoms with Gasteiger partial charge in [0.15, 0.2) is 4.34 Å². The van der Waals surface area contributed by atoms with Gasteiger partial charge in [-0.3, -0.25) is 4.79 Å². The number of halogens is 1. The van der Waals surface area contributed by atoms with Gasteiger partial charge >= 0.3 is 0 Å². The van der Waals surface area contributed by atoms with Crippen molar-refractivity contribution < 1.29 is 4.79 Å². The number of carbonyl (C=O) groups is 1. The molecule has 1 heterocycles. The Morgan fingerprint density at radius 1 is 1.19 bits per heavy atom. The Kier molecular flexibility index (Phi) is 4.95. The number of benzene rings is 2. The number of carbonyl (C=O) groups excluding carboxylic acids is 1. The number of rotatable bonds is 4. The summed E-state index contributed by atoms with van der Waals surface area (Å²) < 4.78 is 2.14. The highest BCUT2D eigenvalue weighted by atomic mass is 35.5. The van der Waals surface area contributed by atoms with Crippen LogP contribution in [0.25, 0.3) is 10.2 Å². The third kappa shape index (κ3) is 3.24. The number of nitrogens with zero attached hydrogens (tertiary/aromatic N) is 1. The Morgan fingerprint density at radius 3 is 2.62 bits per heavy atom. The van der Waals surface area contributed by atoms with Gasteiger partial charge in [-0.05, 0) is 55.0 Å². The number of fused-ring (bicyclic) bond motifs is 1. The molecule has 0 spiro atoms. The molecule has 3 nitrogen and oxygen atoms in total. The van der Waals surface area contributed by atoms with Gasteiger partial charge in [-0.15, -0.1) is 11.3 Å². The summed E-state index contributed by atoms with van der Waals surface area (Å²) in [6.07, 6.45) is 5.91. The van der Waals surface area contributed by atoms with Crippen LogP contribution in [0.4, 0.5) is 5.69 Å².